The van der Waals surface area contributed by atoms with Crippen molar-refractivity contribution in [3.8, 4) is 0 Å². The quantitative estimate of drug-likeness (QED) is 0.546. The Morgan fingerprint density at radius 2 is 1.50 bits per heavy atom. The van der Waals surface area contributed by atoms with Gasteiger partial charge in [0.15, 0.2) is 11.6 Å². The molecule has 1 rings (SSSR count). The molecule has 0 bridgehead atoms. The lowest BCUT2D eigenvalue weighted by atomic mass is 9.96. The van der Waals surface area contributed by atoms with Gasteiger partial charge < -0.3 is 0 Å². The van der Waals surface area contributed by atoms with Crippen molar-refractivity contribution in [3.05, 3.63) is 0 Å². The van der Waals surface area contributed by atoms with Crippen LogP contribution in [0.5, 0.6) is 0 Å². The molecule has 1 aliphatic rings. The van der Waals surface area contributed by atoms with Crippen LogP contribution in [0.15, 0.2) is 0 Å². The van der Waals surface area contributed by atoms with E-state index < -0.39 is 0 Å². The van der Waals surface area contributed by atoms with Crippen molar-refractivity contribution in [2.24, 2.45) is 0 Å². The summed E-state index contributed by atoms with van der Waals surface area (Å²) < 4.78 is 0. The topological polar surface area (TPSA) is 58.0 Å². The van der Waals surface area contributed by atoms with Crippen molar-refractivity contribution in [2.45, 2.75) is 26.7 Å². The van der Waals surface area contributed by atoms with Crippen LogP contribution in [0.3, 0.4) is 0 Å². The first-order chi connectivity index (χ1) is 4.22. The molecule has 1 aliphatic carbocycles. The molecule has 0 aromatic heterocycles. The zero-order chi connectivity index (χ0) is 6.85. The van der Waals surface area contributed by atoms with E-state index in [0.29, 0.717) is 19.3 Å². The Morgan fingerprint density at radius 1 is 1.10 bits per heavy atom. The highest BCUT2D eigenvalue weighted by Gasteiger charge is 2.22. The van der Waals surface area contributed by atoms with E-state index in [2.05, 4.69) is 0 Å². The molecule has 0 heterocycles. The van der Waals surface area contributed by atoms with E-state index in [0.717, 1.165) is 0 Å². The minimum absolute atomic E-state index is 0. The summed E-state index contributed by atoms with van der Waals surface area (Å²) in [5, 5.41) is 6.90. The maximum absolute atomic E-state index is 10.6. The Bertz CT molecular complexity index is 166. The molecule has 10 heavy (non-hydrogen) atoms. The van der Waals surface area contributed by atoms with Gasteiger partial charge in [0.05, 0.1) is 0 Å². The van der Waals surface area contributed by atoms with E-state index >= 15 is 0 Å². The van der Waals surface area contributed by atoms with Crippen LogP contribution in [0, 0.1) is 5.41 Å². The lowest BCUT2D eigenvalue weighted by Crippen LogP contribution is -2.27. The fraction of sp³-hybridized carbons (Fsp3) is 0.571. The summed E-state index contributed by atoms with van der Waals surface area (Å²) >= 11 is 0. The minimum Gasteiger partial charge on any atom is -0.294 e. The first-order valence-electron chi connectivity index (χ1n) is 2.87. The summed E-state index contributed by atoms with van der Waals surface area (Å²) in [5.74, 6) is -0.600. The Balaban J connectivity index is 0.000000810. The molecule has 0 radical (unpaired) electrons. The summed E-state index contributed by atoms with van der Waals surface area (Å²) in [5.41, 5.74) is -0.304. The second-order valence-corrected chi connectivity index (χ2v) is 2.07. The van der Waals surface area contributed by atoms with Crippen molar-refractivity contribution in [2.75, 3.05) is 0 Å². The molecule has 56 valence electrons. The number of hydrogen-bond donors (Lipinski definition) is 1. The van der Waals surface area contributed by atoms with Gasteiger partial charge in [-0.3, -0.25) is 15.0 Å². The van der Waals surface area contributed by atoms with Crippen LogP contribution < -0.4 is 0 Å². The van der Waals surface area contributed by atoms with Crippen LogP contribution in [-0.4, -0.2) is 17.3 Å². The van der Waals surface area contributed by atoms with Crippen LogP contribution in [-0.2, 0) is 9.59 Å². The smallest absolute Gasteiger partial charge is 0.184 e. The Morgan fingerprint density at radius 3 is 1.80 bits per heavy atom. The van der Waals surface area contributed by atoms with Crippen LogP contribution >= 0.6 is 0 Å². The third-order valence-electron chi connectivity index (χ3n) is 1.37. The molecule has 0 spiro atoms. The summed E-state index contributed by atoms with van der Waals surface area (Å²) in [6.07, 6.45) is 1.38. The molecule has 3 nitrogen and oxygen atoms in total. The first kappa shape index (κ1) is 9.01. The van der Waals surface area contributed by atoms with Crippen molar-refractivity contribution in [3.63, 3.8) is 0 Å². The summed E-state index contributed by atoms with van der Waals surface area (Å²) in [6.45, 7) is 0. The van der Waals surface area contributed by atoms with Gasteiger partial charge in [-0.1, -0.05) is 7.43 Å². The SMILES string of the molecule is C.N=C1C(=O)CCCC1=O. The number of hydrogen-bond acceptors (Lipinski definition) is 3. The average Bonchev–Trinajstić information content (AvgIpc) is 1.83. The van der Waals surface area contributed by atoms with Crippen LogP contribution in [0.2, 0.25) is 0 Å². The summed E-state index contributed by atoms with van der Waals surface area (Å²) in [7, 11) is 0. The maximum Gasteiger partial charge on any atom is 0.184 e. The van der Waals surface area contributed by atoms with E-state index in [1.54, 1.807) is 0 Å². The van der Waals surface area contributed by atoms with Crippen LogP contribution in [0.4, 0.5) is 0 Å². The van der Waals surface area contributed by atoms with Gasteiger partial charge >= 0.3 is 0 Å². The Hall–Kier alpha value is -0.990. The highest BCUT2D eigenvalue weighted by Crippen LogP contribution is 2.06. The van der Waals surface area contributed by atoms with E-state index in [-0.39, 0.29) is 24.7 Å². The van der Waals surface area contributed by atoms with E-state index in [9.17, 15) is 9.59 Å². The highest BCUT2D eigenvalue weighted by atomic mass is 16.2. The molecule has 0 unspecified atom stereocenters. The van der Waals surface area contributed by atoms with Crippen molar-refractivity contribution in [1.29, 1.82) is 5.41 Å². The van der Waals surface area contributed by atoms with E-state index in [4.69, 9.17) is 5.41 Å². The van der Waals surface area contributed by atoms with Gasteiger partial charge in [-0.25, -0.2) is 0 Å². The average molecular weight is 141 g/mol. The number of nitrogens with one attached hydrogen (secondary N) is 1. The maximum atomic E-state index is 10.6. The van der Waals surface area contributed by atoms with E-state index in [1.807, 2.05) is 0 Å². The van der Waals surface area contributed by atoms with Crippen molar-refractivity contribution < 1.29 is 9.59 Å². The van der Waals surface area contributed by atoms with Gasteiger partial charge in [-0.05, 0) is 6.42 Å². The van der Waals surface area contributed by atoms with Crippen molar-refractivity contribution in [1.82, 2.24) is 0 Å². The number of carbonyl (C=O) groups is 2. The zero-order valence-electron chi connectivity index (χ0n) is 4.94. The van der Waals surface area contributed by atoms with E-state index in [1.165, 1.54) is 0 Å². The second-order valence-electron chi connectivity index (χ2n) is 2.07. The molecule has 1 saturated carbocycles. The molecule has 1 fully saturated rings. The first-order valence-corrected chi connectivity index (χ1v) is 2.87. The number of rotatable bonds is 0. The van der Waals surface area contributed by atoms with Gasteiger partial charge in [-0.15, -0.1) is 0 Å². The lowest BCUT2D eigenvalue weighted by molar-refractivity contribution is -0.119. The van der Waals surface area contributed by atoms with Gasteiger partial charge in [0, 0.05) is 12.8 Å². The van der Waals surface area contributed by atoms with Gasteiger partial charge in [0.1, 0.15) is 5.71 Å². The number of carbonyl (C=O) groups excluding carboxylic acids is 2. The lowest BCUT2D eigenvalue weighted by Gasteiger charge is -2.06. The van der Waals surface area contributed by atoms with Gasteiger partial charge in [-0.2, -0.15) is 0 Å². The molecule has 0 atom stereocenters. The standard InChI is InChI=1S/C6H7NO2.CH4/c7-6-4(8)2-1-3-5(6)9;/h7H,1-3H2;1H4. The molecule has 0 saturated heterocycles. The van der Waals surface area contributed by atoms with Gasteiger partial charge in [0.2, 0.25) is 0 Å². The molecule has 0 aromatic rings. The monoisotopic (exact) mass is 141 g/mol. The summed E-state index contributed by atoms with van der Waals surface area (Å²) in [6, 6.07) is 0. The third kappa shape index (κ3) is 1.50. The number of ketones is 2. The molecule has 3 heteroatoms. The zero-order valence-corrected chi connectivity index (χ0v) is 4.94. The minimum atomic E-state index is -0.304. The van der Waals surface area contributed by atoms with Gasteiger partial charge in [0.25, 0.3) is 0 Å². The summed E-state index contributed by atoms with van der Waals surface area (Å²) in [4.78, 5) is 21.1. The molecular weight excluding hydrogens is 130 g/mol. The fourth-order valence-corrected chi connectivity index (χ4v) is 0.815. The largest absolute Gasteiger partial charge is 0.294 e. The normalized spacial score (nSPS) is 18.6. The predicted octanol–water partition coefficient (Wildman–Crippen LogP) is 0.964. The fourth-order valence-electron chi connectivity index (χ4n) is 0.815. The molecular formula is C7H11NO2. The number of Topliss-reactive ketones (excluding diaryl/α,β-unsaturated/α-hetero) is 2. The highest BCUT2D eigenvalue weighted by molar-refractivity contribution is 6.65. The van der Waals surface area contributed by atoms with Crippen molar-refractivity contribution >= 4 is 17.3 Å². The Labute approximate surface area is 59.9 Å². The predicted molar refractivity (Wildman–Crippen MR) is 38.3 cm³/mol. The van der Waals surface area contributed by atoms with Crippen LogP contribution in [0.25, 0.3) is 0 Å². The molecule has 0 aliphatic heterocycles. The second kappa shape index (κ2) is 3.25. The van der Waals surface area contributed by atoms with Crippen LogP contribution in [0.1, 0.15) is 26.7 Å². The Kier molecular flexibility index (Phi) is 2.93. The molecule has 0 amide bonds. The third-order valence-corrected chi connectivity index (χ3v) is 1.37. The molecule has 1 N–H and O–H groups in total. The molecule has 0 aromatic carbocycles.